The molecule has 5 heteroatoms. The van der Waals surface area contributed by atoms with Crippen molar-refractivity contribution in [1.29, 1.82) is 0 Å². The smallest absolute Gasteiger partial charge is 0.347 e. The zero-order chi connectivity index (χ0) is 16.7. The summed E-state index contributed by atoms with van der Waals surface area (Å²) in [5.74, 6) is -0.311. The number of carbonyl (C=O) groups is 2. The highest BCUT2D eigenvalue weighted by atomic mass is 16.6. The molecule has 0 bridgehead atoms. The maximum absolute atomic E-state index is 12.8. The molecule has 122 valence electrons. The summed E-state index contributed by atoms with van der Waals surface area (Å²) < 4.78 is 16.4. The van der Waals surface area contributed by atoms with Gasteiger partial charge in [0, 0.05) is 17.5 Å². The Morgan fingerprint density at radius 1 is 1.04 bits per heavy atom. The van der Waals surface area contributed by atoms with Crippen LogP contribution >= 0.6 is 0 Å². The summed E-state index contributed by atoms with van der Waals surface area (Å²) in [6, 6.07) is 14.7. The molecule has 0 saturated carbocycles. The molecule has 1 fully saturated rings. The number of ether oxygens (including phenoxy) is 3. The third kappa shape index (κ3) is 2.42. The number of para-hydroxylation sites is 2. The number of esters is 2. The summed E-state index contributed by atoms with van der Waals surface area (Å²) >= 11 is 0. The molecule has 5 nitrogen and oxygen atoms in total. The van der Waals surface area contributed by atoms with Gasteiger partial charge in [0.2, 0.25) is 6.10 Å². The van der Waals surface area contributed by atoms with Crippen molar-refractivity contribution in [2.24, 2.45) is 0 Å². The van der Waals surface area contributed by atoms with Gasteiger partial charge in [-0.15, -0.1) is 0 Å². The van der Waals surface area contributed by atoms with Crippen LogP contribution in [0.2, 0.25) is 0 Å². The molecule has 24 heavy (non-hydrogen) atoms. The van der Waals surface area contributed by atoms with E-state index in [0.29, 0.717) is 17.9 Å². The van der Waals surface area contributed by atoms with Gasteiger partial charge in [-0.2, -0.15) is 0 Å². The predicted molar refractivity (Wildman–Crippen MR) is 84.9 cm³/mol. The van der Waals surface area contributed by atoms with Crippen molar-refractivity contribution < 1.29 is 23.8 Å². The van der Waals surface area contributed by atoms with E-state index in [0.717, 1.165) is 11.1 Å². The SMILES string of the molecule is C[C@@H]1C[C@H](OC(=O)C2c3ccccc3Oc3ccccc32)C(=O)O1. The maximum Gasteiger partial charge on any atom is 0.347 e. The molecule has 2 heterocycles. The number of carbonyl (C=O) groups excluding carboxylic acids is 2. The molecule has 2 atom stereocenters. The van der Waals surface area contributed by atoms with Crippen LogP contribution in [0.1, 0.15) is 30.4 Å². The monoisotopic (exact) mass is 324 g/mol. The highest BCUT2D eigenvalue weighted by Gasteiger charge is 2.39. The van der Waals surface area contributed by atoms with E-state index in [9.17, 15) is 9.59 Å². The Labute approximate surface area is 139 Å². The molecular formula is C19H16O5. The van der Waals surface area contributed by atoms with E-state index in [1.165, 1.54) is 0 Å². The van der Waals surface area contributed by atoms with Crippen molar-refractivity contribution in [3.05, 3.63) is 59.7 Å². The minimum absolute atomic E-state index is 0.232. The second kappa shape index (κ2) is 5.67. The van der Waals surface area contributed by atoms with Gasteiger partial charge in [0.05, 0.1) is 0 Å². The quantitative estimate of drug-likeness (QED) is 0.794. The zero-order valence-electron chi connectivity index (χ0n) is 13.1. The van der Waals surface area contributed by atoms with Gasteiger partial charge < -0.3 is 14.2 Å². The molecule has 0 N–H and O–H groups in total. The van der Waals surface area contributed by atoms with Crippen LogP contribution in [0, 0.1) is 0 Å². The third-order valence-corrected chi connectivity index (χ3v) is 4.30. The van der Waals surface area contributed by atoms with Crippen LogP contribution in [0.5, 0.6) is 11.5 Å². The molecule has 2 aromatic carbocycles. The topological polar surface area (TPSA) is 61.8 Å². The van der Waals surface area contributed by atoms with Gasteiger partial charge in [0.25, 0.3) is 0 Å². The third-order valence-electron chi connectivity index (χ3n) is 4.30. The van der Waals surface area contributed by atoms with E-state index < -0.39 is 24.0 Å². The Bertz CT molecular complexity index is 767. The average Bonchev–Trinajstić information content (AvgIpc) is 2.89. The van der Waals surface area contributed by atoms with Crippen LogP contribution in [-0.2, 0) is 19.1 Å². The Balaban J connectivity index is 1.69. The first-order valence-corrected chi connectivity index (χ1v) is 7.90. The van der Waals surface area contributed by atoms with Crippen molar-refractivity contribution in [2.75, 3.05) is 0 Å². The number of rotatable bonds is 2. The Morgan fingerprint density at radius 2 is 1.62 bits per heavy atom. The van der Waals surface area contributed by atoms with Crippen LogP contribution in [0.3, 0.4) is 0 Å². The summed E-state index contributed by atoms with van der Waals surface area (Å²) in [4.78, 5) is 24.6. The van der Waals surface area contributed by atoms with Gasteiger partial charge in [0.15, 0.2) is 0 Å². The highest BCUT2D eigenvalue weighted by molar-refractivity contribution is 5.88. The lowest BCUT2D eigenvalue weighted by atomic mass is 9.88. The Kier molecular flexibility index (Phi) is 3.49. The number of hydrogen-bond acceptors (Lipinski definition) is 5. The molecule has 2 aliphatic heterocycles. The first-order valence-electron chi connectivity index (χ1n) is 7.90. The molecule has 0 aromatic heterocycles. The standard InChI is InChI=1S/C19H16O5/c1-11-10-16(18(20)22-11)24-19(21)17-12-6-2-4-8-14(12)23-15-9-5-3-7-13(15)17/h2-9,11,16-17H,10H2,1H3/t11-,16+/m1/s1. The second-order valence-electron chi connectivity index (χ2n) is 6.02. The summed E-state index contributed by atoms with van der Waals surface area (Å²) in [5.41, 5.74) is 1.47. The summed E-state index contributed by atoms with van der Waals surface area (Å²) in [6.07, 6.45) is -0.684. The zero-order valence-corrected chi connectivity index (χ0v) is 13.1. The lowest BCUT2D eigenvalue weighted by Gasteiger charge is -2.27. The fourth-order valence-electron chi connectivity index (χ4n) is 3.19. The van der Waals surface area contributed by atoms with Crippen molar-refractivity contribution in [2.45, 2.75) is 31.5 Å². The van der Waals surface area contributed by atoms with E-state index in [1.54, 1.807) is 6.92 Å². The van der Waals surface area contributed by atoms with Gasteiger partial charge in [-0.1, -0.05) is 36.4 Å². The largest absolute Gasteiger partial charge is 0.460 e. The van der Waals surface area contributed by atoms with Gasteiger partial charge >= 0.3 is 11.9 Å². The molecule has 0 amide bonds. The van der Waals surface area contributed by atoms with Crippen LogP contribution in [0.15, 0.2) is 48.5 Å². The minimum atomic E-state index is -0.838. The van der Waals surface area contributed by atoms with Crippen molar-refractivity contribution in [3.8, 4) is 11.5 Å². The maximum atomic E-state index is 12.8. The van der Waals surface area contributed by atoms with E-state index >= 15 is 0 Å². The van der Waals surface area contributed by atoms with E-state index in [-0.39, 0.29) is 6.10 Å². The predicted octanol–water partition coefficient (Wildman–Crippen LogP) is 3.17. The van der Waals surface area contributed by atoms with Crippen molar-refractivity contribution >= 4 is 11.9 Å². The van der Waals surface area contributed by atoms with Gasteiger partial charge in [-0.25, -0.2) is 4.79 Å². The number of fused-ring (bicyclic) bond motifs is 2. The van der Waals surface area contributed by atoms with Gasteiger partial charge in [-0.05, 0) is 19.1 Å². The Hall–Kier alpha value is -2.82. The molecule has 1 saturated heterocycles. The van der Waals surface area contributed by atoms with E-state index in [1.807, 2.05) is 48.5 Å². The second-order valence-corrected chi connectivity index (χ2v) is 6.02. The molecule has 4 rings (SSSR count). The Morgan fingerprint density at radius 3 is 2.17 bits per heavy atom. The molecule has 0 radical (unpaired) electrons. The number of benzene rings is 2. The van der Waals surface area contributed by atoms with Crippen LogP contribution in [-0.4, -0.2) is 24.1 Å². The lowest BCUT2D eigenvalue weighted by molar-refractivity contribution is -0.161. The normalized spacial score (nSPS) is 22.1. The molecular weight excluding hydrogens is 308 g/mol. The molecule has 2 aliphatic rings. The molecule has 2 aromatic rings. The number of hydrogen-bond donors (Lipinski definition) is 0. The fraction of sp³-hybridized carbons (Fsp3) is 0.263. The van der Waals surface area contributed by atoms with Crippen molar-refractivity contribution in [1.82, 2.24) is 0 Å². The number of cyclic esters (lactones) is 1. The van der Waals surface area contributed by atoms with Crippen LogP contribution < -0.4 is 4.74 Å². The van der Waals surface area contributed by atoms with Crippen LogP contribution in [0.4, 0.5) is 0 Å². The summed E-state index contributed by atoms with van der Waals surface area (Å²) in [5, 5.41) is 0. The van der Waals surface area contributed by atoms with E-state index in [4.69, 9.17) is 14.2 Å². The average molecular weight is 324 g/mol. The highest BCUT2D eigenvalue weighted by Crippen LogP contribution is 2.44. The molecule has 0 aliphatic carbocycles. The lowest BCUT2D eigenvalue weighted by Crippen LogP contribution is -2.28. The minimum Gasteiger partial charge on any atom is -0.460 e. The van der Waals surface area contributed by atoms with E-state index in [2.05, 4.69) is 0 Å². The first-order chi connectivity index (χ1) is 11.6. The fourth-order valence-corrected chi connectivity index (χ4v) is 3.19. The van der Waals surface area contributed by atoms with Gasteiger partial charge in [-0.3, -0.25) is 4.79 Å². The molecule has 0 spiro atoms. The first kappa shape index (κ1) is 14.8. The molecule has 0 unspecified atom stereocenters. The van der Waals surface area contributed by atoms with Crippen LogP contribution in [0.25, 0.3) is 0 Å². The van der Waals surface area contributed by atoms with Crippen molar-refractivity contribution in [3.63, 3.8) is 0 Å². The summed E-state index contributed by atoms with van der Waals surface area (Å²) in [6.45, 7) is 1.78. The summed E-state index contributed by atoms with van der Waals surface area (Å²) in [7, 11) is 0. The van der Waals surface area contributed by atoms with Gasteiger partial charge in [0.1, 0.15) is 23.5 Å².